The summed E-state index contributed by atoms with van der Waals surface area (Å²) in [6.45, 7) is 3.94. The Bertz CT molecular complexity index is 565. The molecule has 2 rings (SSSR count). The van der Waals surface area contributed by atoms with Gasteiger partial charge in [-0.3, -0.25) is 4.79 Å². The number of esters is 1. The lowest BCUT2D eigenvalue weighted by Crippen LogP contribution is -2.13. The van der Waals surface area contributed by atoms with Gasteiger partial charge in [0.1, 0.15) is 5.15 Å². The van der Waals surface area contributed by atoms with Crippen molar-refractivity contribution in [2.75, 3.05) is 6.61 Å². The zero-order chi connectivity index (χ0) is 13.1. The number of hydrogen-bond acceptors (Lipinski definition) is 4. The van der Waals surface area contributed by atoms with E-state index in [0.717, 1.165) is 11.3 Å². The number of aromatic nitrogens is 3. The third-order valence-electron chi connectivity index (χ3n) is 2.41. The molecule has 0 aliphatic rings. The van der Waals surface area contributed by atoms with Crippen molar-refractivity contribution >= 4 is 23.2 Å². The van der Waals surface area contributed by atoms with Crippen molar-refractivity contribution < 1.29 is 9.53 Å². The lowest BCUT2D eigenvalue weighted by molar-refractivity contribution is -0.147. The van der Waals surface area contributed by atoms with Gasteiger partial charge < -0.3 is 4.74 Å². The second-order valence-corrected chi connectivity index (χ2v) is 4.65. The fourth-order valence-electron chi connectivity index (χ4n) is 1.45. The van der Waals surface area contributed by atoms with Gasteiger partial charge in [-0.1, -0.05) is 25.4 Å². The lowest BCUT2D eigenvalue weighted by Gasteiger charge is -2.05. The van der Waals surface area contributed by atoms with Crippen LogP contribution in [-0.2, 0) is 16.0 Å². The molecule has 0 amide bonds. The molecule has 0 atom stereocenters. The fourth-order valence-corrected chi connectivity index (χ4v) is 1.60. The van der Waals surface area contributed by atoms with Gasteiger partial charge in [0.15, 0.2) is 5.65 Å². The molecule has 18 heavy (non-hydrogen) atoms. The molecule has 0 bridgehead atoms. The summed E-state index contributed by atoms with van der Waals surface area (Å²) < 4.78 is 6.71. The first-order valence-corrected chi connectivity index (χ1v) is 6.11. The zero-order valence-corrected chi connectivity index (χ0v) is 11.0. The summed E-state index contributed by atoms with van der Waals surface area (Å²) in [7, 11) is 0. The molecule has 0 unspecified atom stereocenters. The maximum absolute atomic E-state index is 11.3. The van der Waals surface area contributed by atoms with Gasteiger partial charge in [-0.2, -0.15) is 5.10 Å². The van der Waals surface area contributed by atoms with Gasteiger partial charge in [-0.25, -0.2) is 9.50 Å². The number of carbonyl (C=O) groups excluding carboxylic acids is 1. The summed E-state index contributed by atoms with van der Waals surface area (Å²) >= 11 is 5.78. The van der Waals surface area contributed by atoms with E-state index in [2.05, 4.69) is 10.1 Å². The van der Waals surface area contributed by atoms with Gasteiger partial charge in [0.25, 0.3) is 0 Å². The van der Waals surface area contributed by atoms with Crippen LogP contribution in [0.2, 0.25) is 5.15 Å². The molecule has 0 aliphatic carbocycles. The number of nitrogens with zero attached hydrogens (tertiary/aromatic N) is 3. The first kappa shape index (κ1) is 12.8. The fraction of sp³-hybridized carbons (Fsp3) is 0.417. The van der Waals surface area contributed by atoms with Crippen LogP contribution in [0.3, 0.4) is 0 Å². The van der Waals surface area contributed by atoms with Gasteiger partial charge in [-0.05, 0) is 12.1 Å². The molecule has 0 radical (unpaired) electrons. The van der Waals surface area contributed by atoms with Gasteiger partial charge in [0, 0.05) is 6.42 Å². The Kier molecular flexibility index (Phi) is 3.81. The molecule has 0 aliphatic heterocycles. The summed E-state index contributed by atoms with van der Waals surface area (Å²) in [6.07, 6.45) is 2.35. The highest BCUT2D eigenvalue weighted by Crippen LogP contribution is 2.08. The molecule has 0 spiro atoms. The molecule has 0 fully saturated rings. The Morgan fingerprint density at radius 1 is 1.50 bits per heavy atom. The van der Waals surface area contributed by atoms with Gasteiger partial charge in [0.2, 0.25) is 0 Å². The first-order chi connectivity index (χ1) is 8.56. The number of rotatable bonds is 4. The predicted octanol–water partition coefficient (Wildman–Crippen LogP) is 2.12. The summed E-state index contributed by atoms with van der Waals surface area (Å²) in [4.78, 5) is 15.6. The zero-order valence-electron chi connectivity index (χ0n) is 10.3. The smallest absolute Gasteiger partial charge is 0.308 e. The van der Waals surface area contributed by atoms with E-state index in [1.165, 1.54) is 0 Å². The molecule has 0 aromatic carbocycles. The van der Waals surface area contributed by atoms with E-state index in [4.69, 9.17) is 16.3 Å². The molecular weight excluding hydrogens is 254 g/mol. The molecule has 2 heterocycles. The normalized spacial score (nSPS) is 11.1. The average Bonchev–Trinajstić information content (AvgIpc) is 2.70. The van der Waals surface area contributed by atoms with Crippen LogP contribution in [0.4, 0.5) is 0 Å². The van der Waals surface area contributed by atoms with Crippen LogP contribution in [0.1, 0.15) is 19.5 Å². The molecule has 5 nitrogen and oxygen atoms in total. The Balaban J connectivity index is 1.98. The molecule has 2 aromatic rings. The Morgan fingerprint density at radius 3 is 3.00 bits per heavy atom. The van der Waals surface area contributed by atoms with E-state index in [1.807, 2.05) is 0 Å². The third-order valence-corrected chi connectivity index (χ3v) is 2.61. The van der Waals surface area contributed by atoms with Gasteiger partial charge in [-0.15, -0.1) is 0 Å². The van der Waals surface area contributed by atoms with Crippen LogP contribution >= 0.6 is 11.6 Å². The Hall–Kier alpha value is -1.62. The number of imidazole rings is 1. The van der Waals surface area contributed by atoms with Crippen molar-refractivity contribution in [2.24, 2.45) is 5.92 Å². The third kappa shape index (κ3) is 2.98. The monoisotopic (exact) mass is 267 g/mol. The van der Waals surface area contributed by atoms with E-state index in [9.17, 15) is 4.79 Å². The quantitative estimate of drug-likeness (QED) is 0.797. The Labute approximate surface area is 110 Å². The van der Waals surface area contributed by atoms with Crippen molar-refractivity contribution in [1.29, 1.82) is 0 Å². The van der Waals surface area contributed by atoms with Crippen LogP contribution in [0.15, 0.2) is 18.3 Å². The summed E-state index contributed by atoms with van der Waals surface area (Å²) in [5, 5.41) is 4.49. The molecule has 0 saturated carbocycles. The second kappa shape index (κ2) is 5.35. The topological polar surface area (TPSA) is 56.5 Å². The van der Waals surface area contributed by atoms with Crippen LogP contribution < -0.4 is 0 Å². The van der Waals surface area contributed by atoms with Crippen LogP contribution in [0, 0.1) is 5.92 Å². The van der Waals surface area contributed by atoms with Crippen LogP contribution in [-0.4, -0.2) is 27.2 Å². The number of ether oxygens (including phenoxy) is 1. The summed E-state index contributed by atoms with van der Waals surface area (Å²) in [6, 6.07) is 3.48. The van der Waals surface area contributed by atoms with Crippen molar-refractivity contribution in [3.8, 4) is 0 Å². The highest BCUT2D eigenvalue weighted by atomic mass is 35.5. The van der Waals surface area contributed by atoms with E-state index in [0.29, 0.717) is 18.2 Å². The predicted molar refractivity (Wildman–Crippen MR) is 67.5 cm³/mol. The number of halogens is 1. The summed E-state index contributed by atoms with van der Waals surface area (Å²) in [5.74, 6) is -0.300. The highest BCUT2D eigenvalue weighted by Gasteiger charge is 2.09. The molecule has 0 saturated heterocycles. The standard InChI is InChI=1S/C12H14ClN3O2/c1-8(2)12(17)18-6-5-9-7-16-11(14-9)4-3-10(13)15-16/h3-4,7-8H,5-6H2,1-2H3. The Morgan fingerprint density at radius 2 is 2.28 bits per heavy atom. The lowest BCUT2D eigenvalue weighted by atomic mass is 10.2. The minimum atomic E-state index is -0.195. The second-order valence-electron chi connectivity index (χ2n) is 4.26. The van der Waals surface area contributed by atoms with Crippen molar-refractivity contribution in [2.45, 2.75) is 20.3 Å². The van der Waals surface area contributed by atoms with Crippen LogP contribution in [0.5, 0.6) is 0 Å². The molecule has 6 heteroatoms. The number of fused-ring (bicyclic) bond motifs is 1. The largest absolute Gasteiger partial charge is 0.465 e. The molecule has 96 valence electrons. The van der Waals surface area contributed by atoms with Gasteiger partial charge >= 0.3 is 5.97 Å². The minimum absolute atomic E-state index is 0.105. The van der Waals surface area contributed by atoms with Gasteiger partial charge in [0.05, 0.1) is 24.4 Å². The van der Waals surface area contributed by atoms with Crippen LogP contribution in [0.25, 0.3) is 5.65 Å². The maximum Gasteiger partial charge on any atom is 0.308 e. The van der Waals surface area contributed by atoms with E-state index in [-0.39, 0.29) is 11.9 Å². The molecule has 2 aromatic heterocycles. The van der Waals surface area contributed by atoms with E-state index >= 15 is 0 Å². The van der Waals surface area contributed by atoms with Crippen molar-refractivity contribution in [3.05, 3.63) is 29.2 Å². The SMILES string of the molecule is CC(C)C(=O)OCCc1cn2nc(Cl)ccc2n1. The summed E-state index contributed by atoms with van der Waals surface area (Å²) in [5.41, 5.74) is 1.55. The molecular formula is C12H14ClN3O2. The average molecular weight is 268 g/mol. The van der Waals surface area contributed by atoms with Crippen molar-refractivity contribution in [3.63, 3.8) is 0 Å². The minimum Gasteiger partial charge on any atom is -0.465 e. The first-order valence-electron chi connectivity index (χ1n) is 5.73. The van der Waals surface area contributed by atoms with E-state index < -0.39 is 0 Å². The van der Waals surface area contributed by atoms with E-state index in [1.54, 1.807) is 36.7 Å². The molecule has 0 N–H and O–H groups in total. The number of hydrogen-bond donors (Lipinski definition) is 0. The maximum atomic E-state index is 11.3. The number of carbonyl (C=O) groups is 1. The highest BCUT2D eigenvalue weighted by molar-refractivity contribution is 6.29. The van der Waals surface area contributed by atoms with Crippen molar-refractivity contribution in [1.82, 2.24) is 14.6 Å².